The standard InChI is InChI=1S/C13H17BrN2/c14-10-3-1-9-2-4-12(16-13(9)7-10)8-15-11-5-6-11/h1,3,7,11-12,15-16H,2,4-6,8H2. The van der Waals surface area contributed by atoms with Crippen LogP contribution in [0.2, 0.25) is 0 Å². The molecule has 0 spiro atoms. The number of nitrogens with one attached hydrogen (secondary N) is 2. The lowest BCUT2D eigenvalue weighted by Crippen LogP contribution is -2.36. The predicted molar refractivity (Wildman–Crippen MR) is 70.9 cm³/mol. The number of fused-ring (bicyclic) bond motifs is 1. The second-order valence-electron chi connectivity index (χ2n) is 4.86. The molecule has 16 heavy (non-hydrogen) atoms. The molecule has 3 rings (SSSR count). The van der Waals surface area contributed by atoms with Gasteiger partial charge in [0.2, 0.25) is 0 Å². The maximum absolute atomic E-state index is 3.63. The Labute approximate surface area is 105 Å². The number of anilines is 1. The Morgan fingerprint density at radius 1 is 1.31 bits per heavy atom. The summed E-state index contributed by atoms with van der Waals surface area (Å²) in [6, 6.07) is 7.95. The maximum Gasteiger partial charge on any atom is 0.0389 e. The van der Waals surface area contributed by atoms with E-state index in [1.807, 2.05) is 0 Å². The molecule has 2 N–H and O–H groups in total. The highest BCUT2D eigenvalue weighted by Gasteiger charge is 2.23. The molecule has 0 bridgehead atoms. The van der Waals surface area contributed by atoms with Crippen LogP contribution in [-0.2, 0) is 6.42 Å². The van der Waals surface area contributed by atoms with Crippen molar-refractivity contribution in [2.75, 3.05) is 11.9 Å². The Morgan fingerprint density at radius 3 is 3.00 bits per heavy atom. The second-order valence-corrected chi connectivity index (χ2v) is 5.78. The Kier molecular flexibility index (Phi) is 2.90. The van der Waals surface area contributed by atoms with E-state index in [0.29, 0.717) is 6.04 Å². The SMILES string of the molecule is Brc1ccc2c(c1)NC(CNC1CC1)CC2. The lowest BCUT2D eigenvalue weighted by atomic mass is 9.98. The maximum atomic E-state index is 3.63. The van der Waals surface area contributed by atoms with Crippen molar-refractivity contribution >= 4 is 21.6 Å². The summed E-state index contributed by atoms with van der Waals surface area (Å²) in [5.74, 6) is 0. The lowest BCUT2D eigenvalue weighted by Gasteiger charge is -2.27. The Bertz CT molecular complexity index is 388. The minimum atomic E-state index is 0.599. The van der Waals surface area contributed by atoms with Crippen LogP contribution >= 0.6 is 15.9 Å². The summed E-state index contributed by atoms with van der Waals surface area (Å²) in [5.41, 5.74) is 2.76. The molecule has 1 unspecified atom stereocenters. The average Bonchev–Trinajstić information content (AvgIpc) is 3.09. The van der Waals surface area contributed by atoms with E-state index in [-0.39, 0.29) is 0 Å². The van der Waals surface area contributed by atoms with E-state index in [0.717, 1.165) is 17.1 Å². The van der Waals surface area contributed by atoms with Gasteiger partial charge in [-0.05, 0) is 43.4 Å². The molecule has 2 aliphatic rings. The van der Waals surface area contributed by atoms with Crippen LogP contribution in [0.3, 0.4) is 0 Å². The first-order valence-corrected chi connectivity index (χ1v) is 6.89. The number of hydrogen-bond donors (Lipinski definition) is 2. The topological polar surface area (TPSA) is 24.1 Å². The zero-order valence-electron chi connectivity index (χ0n) is 9.30. The van der Waals surface area contributed by atoms with Crippen LogP contribution in [0.15, 0.2) is 22.7 Å². The van der Waals surface area contributed by atoms with Crippen LogP contribution in [0.25, 0.3) is 0 Å². The van der Waals surface area contributed by atoms with Gasteiger partial charge in [-0.25, -0.2) is 0 Å². The summed E-state index contributed by atoms with van der Waals surface area (Å²) in [5, 5.41) is 7.23. The van der Waals surface area contributed by atoms with Crippen LogP contribution in [0.5, 0.6) is 0 Å². The molecule has 1 aromatic carbocycles. The Morgan fingerprint density at radius 2 is 2.19 bits per heavy atom. The third-order valence-corrected chi connectivity index (χ3v) is 3.92. The third-order valence-electron chi connectivity index (χ3n) is 3.42. The van der Waals surface area contributed by atoms with Gasteiger partial charge >= 0.3 is 0 Å². The molecule has 0 aromatic heterocycles. The zero-order chi connectivity index (χ0) is 11.0. The average molecular weight is 281 g/mol. The molecule has 0 saturated heterocycles. The lowest BCUT2D eigenvalue weighted by molar-refractivity contribution is 0.557. The summed E-state index contributed by atoms with van der Waals surface area (Å²) in [6.07, 6.45) is 5.19. The van der Waals surface area contributed by atoms with Crippen LogP contribution in [0.4, 0.5) is 5.69 Å². The molecule has 0 radical (unpaired) electrons. The highest BCUT2D eigenvalue weighted by molar-refractivity contribution is 9.10. The first kappa shape index (κ1) is 10.6. The second kappa shape index (κ2) is 4.38. The van der Waals surface area contributed by atoms with Crippen molar-refractivity contribution in [3.8, 4) is 0 Å². The van der Waals surface area contributed by atoms with Crippen molar-refractivity contribution in [3.05, 3.63) is 28.2 Å². The number of benzene rings is 1. The minimum absolute atomic E-state index is 0.599. The van der Waals surface area contributed by atoms with Crippen molar-refractivity contribution in [2.24, 2.45) is 0 Å². The van der Waals surface area contributed by atoms with E-state index >= 15 is 0 Å². The van der Waals surface area contributed by atoms with E-state index in [2.05, 4.69) is 44.8 Å². The first-order valence-electron chi connectivity index (χ1n) is 6.09. The molecular weight excluding hydrogens is 264 g/mol. The van der Waals surface area contributed by atoms with E-state index in [9.17, 15) is 0 Å². The predicted octanol–water partition coefficient (Wildman–Crippen LogP) is 2.93. The van der Waals surface area contributed by atoms with Crippen molar-refractivity contribution in [1.82, 2.24) is 5.32 Å². The smallest absolute Gasteiger partial charge is 0.0389 e. The van der Waals surface area contributed by atoms with Gasteiger partial charge < -0.3 is 10.6 Å². The fourth-order valence-electron chi connectivity index (χ4n) is 2.27. The molecule has 1 aliphatic heterocycles. The van der Waals surface area contributed by atoms with Crippen LogP contribution < -0.4 is 10.6 Å². The molecule has 1 aromatic rings. The molecule has 86 valence electrons. The number of halogens is 1. The number of aryl methyl sites for hydroxylation is 1. The normalized spacial score (nSPS) is 23.7. The molecule has 0 amide bonds. The Balaban J connectivity index is 1.64. The van der Waals surface area contributed by atoms with Gasteiger partial charge in [0.25, 0.3) is 0 Å². The van der Waals surface area contributed by atoms with E-state index in [1.54, 1.807) is 0 Å². The van der Waals surface area contributed by atoms with Crippen molar-refractivity contribution in [3.63, 3.8) is 0 Å². The molecule has 3 heteroatoms. The van der Waals surface area contributed by atoms with Gasteiger partial charge in [-0.2, -0.15) is 0 Å². The quantitative estimate of drug-likeness (QED) is 0.890. The summed E-state index contributed by atoms with van der Waals surface area (Å²) >= 11 is 3.53. The van der Waals surface area contributed by atoms with Crippen LogP contribution in [0, 0.1) is 0 Å². The van der Waals surface area contributed by atoms with Crippen molar-refractivity contribution < 1.29 is 0 Å². The first-order chi connectivity index (χ1) is 7.81. The van der Waals surface area contributed by atoms with Gasteiger partial charge in [-0.15, -0.1) is 0 Å². The Hall–Kier alpha value is -0.540. The minimum Gasteiger partial charge on any atom is -0.381 e. The summed E-state index contributed by atoms with van der Waals surface area (Å²) in [6.45, 7) is 1.11. The highest BCUT2D eigenvalue weighted by Crippen LogP contribution is 2.28. The van der Waals surface area contributed by atoms with Crippen molar-refractivity contribution in [2.45, 2.75) is 37.8 Å². The zero-order valence-corrected chi connectivity index (χ0v) is 10.9. The molecule has 1 aliphatic carbocycles. The molecular formula is C13H17BrN2. The monoisotopic (exact) mass is 280 g/mol. The third kappa shape index (κ3) is 2.41. The molecule has 1 saturated carbocycles. The largest absolute Gasteiger partial charge is 0.381 e. The summed E-state index contributed by atoms with van der Waals surface area (Å²) in [4.78, 5) is 0. The molecule has 1 heterocycles. The molecule has 2 nitrogen and oxygen atoms in total. The van der Waals surface area contributed by atoms with Crippen LogP contribution in [-0.4, -0.2) is 18.6 Å². The summed E-state index contributed by atoms with van der Waals surface area (Å²) in [7, 11) is 0. The fourth-order valence-corrected chi connectivity index (χ4v) is 2.63. The highest BCUT2D eigenvalue weighted by atomic mass is 79.9. The number of rotatable bonds is 3. The van der Waals surface area contributed by atoms with Crippen molar-refractivity contribution in [1.29, 1.82) is 0 Å². The van der Waals surface area contributed by atoms with E-state index in [1.165, 1.54) is 36.9 Å². The van der Waals surface area contributed by atoms with Gasteiger partial charge in [-0.1, -0.05) is 22.0 Å². The molecule has 1 atom stereocenters. The van der Waals surface area contributed by atoms with E-state index < -0.39 is 0 Å². The van der Waals surface area contributed by atoms with Gasteiger partial charge in [-0.3, -0.25) is 0 Å². The van der Waals surface area contributed by atoms with Gasteiger partial charge in [0, 0.05) is 28.8 Å². The van der Waals surface area contributed by atoms with Gasteiger partial charge in [0.1, 0.15) is 0 Å². The van der Waals surface area contributed by atoms with Crippen LogP contribution in [0.1, 0.15) is 24.8 Å². The van der Waals surface area contributed by atoms with E-state index in [4.69, 9.17) is 0 Å². The summed E-state index contributed by atoms with van der Waals surface area (Å²) < 4.78 is 1.16. The number of hydrogen-bond acceptors (Lipinski definition) is 2. The molecule has 1 fully saturated rings. The van der Waals surface area contributed by atoms with Gasteiger partial charge in [0.05, 0.1) is 0 Å². The van der Waals surface area contributed by atoms with Gasteiger partial charge in [0.15, 0.2) is 0 Å². The fraction of sp³-hybridized carbons (Fsp3) is 0.538.